The van der Waals surface area contributed by atoms with E-state index in [1.54, 1.807) is 0 Å². The SMILES string of the molecule is CCOCc1nc(CCCc2ccccc2)n(C2CCN(C)CC2)n1. The molecule has 5 nitrogen and oxygen atoms in total. The van der Waals surface area contributed by atoms with Gasteiger partial charge in [0.25, 0.3) is 0 Å². The van der Waals surface area contributed by atoms with E-state index in [0.29, 0.717) is 19.3 Å². The summed E-state index contributed by atoms with van der Waals surface area (Å²) in [5.41, 5.74) is 1.39. The van der Waals surface area contributed by atoms with Crippen LogP contribution in [0, 0.1) is 0 Å². The molecule has 0 N–H and O–H groups in total. The van der Waals surface area contributed by atoms with Gasteiger partial charge in [-0.2, -0.15) is 5.10 Å². The number of benzene rings is 1. The summed E-state index contributed by atoms with van der Waals surface area (Å²) < 4.78 is 7.72. The highest BCUT2D eigenvalue weighted by Gasteiger charge is 2.22. The average Bonchev–Trinajstić information content (AvgIpc) is 3.04. The standard InChI is InChI=1S/C20H30N4O/c1-3-25-16-19-21-20(11-7-10-17-8-5-4-6-9-17)24(22-19)18-12-14-23(2)15-13-18/h4-6,8-9,18H,3,7,10-16H2,1-2H3. The molecule has 136 valence electrons. The maximum absolute atomic E-state index is 5.52. The third kappa shape index (κ3) is 5.13. The third-order valence-corrected chi connectivity index (χ3v) is 4.92. The molecule has 3 rings (SSSR count). The summed E-state index contributed by atoms with van der Waals surface area (Å²) in [6.07, 6.45) is 5.46. The largest absolute Gasteiger partial charge is 0.374 e. The number of nitrogens with zero attached hydrogens (tertiary/aromatic N) is 4. The summed E-state index contributed by atoms with van der Waals surface area (Å²) in [6, 6.07) is 11.2. The Kier molecular flexibility index (Phi) is 6.59. The van der Waals surface area contributed by atoms with Gasteiger partial charge in [0.1, 0.15) is 12.4 Å². The van der Waals surface area contributed by atoms with Crippen molar-refractivity contribution in [2.45, 2.75) is 51.7 Å². The number of piperidine rings is 1. The van der Waals surface area contributed by atoms with Crippen LogP contribution in [0.5, 0.6) is 0 Å². The molecule has 5 heteroatoms. The second kappa shape index (κ2) is 9.11. The lowest BCUT2D eigenvalue weighted by Gasteiger charge is -2.29. The van der Waals surface area contributed by atoms with Crippen LogP contribution in [-0.2, 0) is 24.2 Å². The van der Waals surface area contributed by atoms with Gasteiger partial charge in [-0.15, -0.1) is 0 Å². The maximum atomic E-state index is 5.52. The van der Waals surface area contributed by atoms with Gasteiger partial charge in [0.15, 0.2) is 5.82 Å². The van der Waals surface area contributed by atoms with Gasteiger partial charge in [-0.3, -0.25) is 0 Å². The van der Waals surface area contributed by atoms with E-state index >= 15 is 0 Å². The average molecular weight is 342 g/mol. The van der Waals surface area contributed by atoms with Crippen molar-refractivity contribution in [3.05, 3.63) is 47.5 Å². The number of aromatic nitrogens is 3. The molecule has 0 aliphatic carbocycles. The lowest BCUT2D eigenvalue weighted by atomic mass is 10.0. The van der Waals surface area contributed by atoms with Crippen LogP contribution in [0.2, 0.25) is 0 Å². The Balaban J connectivity index is 1.66. The second-order valence-electron chi connectivity index (χ2n) is 6.90. The Bertz CT molecular complexity index is 632. The van der Waals surface area contributed by atoms with Crippen molar-refractivity contribution in [2.75, 3.05) is 26.7 Å². The zero-order valence-electron chi connectivity index (χ0n) is 15.5. The van der Waals surface area contributed by atoms with Gasteiger partial charge in [-0.1, -0.05) is 30.3 Å². The Hall–Kier alpha value is -1.72. The molecule has 0 atom stereocenters. The molecule has 0 unspecified atom stereocenters. The highest BCUT2D eigenvalue weighted by molar-refractivity contribution is 5.14. The van der Waals surface area contributed by atoms with Crippen LogP contribution in [0.4, 0.5) is 0 Å². The molecule has 1 fully saturated rings. The van der Waals surface area contributed by atoms with Crippen LogP contribution < -0.4 is 0 Å². The van der Waals surface area contributed by atoms with Gasteiger partial charge in [-0.25, -0.2) is 9.67 Å². The first-order chi connectivity index (χ1) is 12.3. The number of aryl methyl sites for hydroxylation is 2. The zero-order chi connectivity index (χ0) is 17.5. The van der Waals surface area contributed by atoms with Gasteiger partial charge in [0.05, 0.1) is 6.04 Å². The molecule has 0 amide bonds. The molecule has 0 saturated carbocycles. The van der Waals surface area contributed by atoms with Crippen molar-refractivity contribution < 1.29 is 4.74 Å². The first-order valence-corrected chi connectivity index (χ1v) is 9.50. The maximum Gasteiger partial charge on any atom is 0.176 e. The lowest BCUT2D eigenvalue weighted by molar-refractivity contribution is 0.127. The molecular weight excluding hydrogens is 312 g/mol. The van der Waals surface area contributed by atoms with Gasteiger partial charge >= 0.3 is 0 Å². The van der Waals surface area contributed by atoms with Crippen LogP contribution in [0.1, 0.15) is 49.4 Å². The van der Waals surface area contributed by atoms with Crippen LogP contribution in [-0.4, -0.2) is 46.4 Å². The zero-order valence-corrected chi connectivity index (χ0v) is 15.5. The smallest absolute Gasteiger partial charge is 0.176 e. The van der Waals surface area contributed by atoms with Crippen molar-refractivity contribution in [2.24, 2.45) is 0 Å². The van der Waals surface area contributed by atoms with Crippen molar-refractivity contribution in [3.63, 3.8) is 0 Å². The topological polar surface area (TPSA) is 43.2 Å². The molecule has 0 spiro atoms. The number of likely N-dealkylation sites (tertiary alicyclic amines) is 1. The van der Waals surface area contributed by atoms with Gasteiger partial charge < -0.3 is 9.64 Å². The summed E-state index contributed by atoms with van der Waals surface area (Å²) in [5.74, 6) is 1.95. The molecule has 1 aliphatic rings. The Morgan fingerprint density at radius 2 is 1.88 bits per heavy atom. The summed E-state index contributed by atoms with van der Waals surface area (Å²) >= 11 is 0. The van der Waals surface area contributed by atoms with Crippen molar-refractivity contribution in [1.82, 2.24) is 19.7 Å². The van der Waals surface area contributed by atoms with E-state index in [0.717, 1.165) is 56.8 Å². The summed E-state index contributed by atoms with van der Waals surface area (Å²) in [7, 11) is 2.19. The van der Waals surface area contributed by atoms with E-state index in [4.69, 9.17) is 14.8 Å². The van der Waals surface area contributed by atoms with Crippen molar-refractivity contribution >= 4 is 0 Å². The molecule has 25 heavy (non-hydrogen) atoms. The predicted molar refractivity (Wildman–Crippen MR) is 99.6 cm³/mol. The highest BCUT2D eigenvalue weighted by Crippen LogP contribution is 2.23. The molecule has 1 aliphatic heterocycles. The number of hydrogen-bond acceptors (Lipinski definition) is 4. The first kappa shape index (κ1) is 18.1. The molecule has 1 aromatic heterocycles. The van der Waals surface area contributed by atoms with E-state index < -0.39 is 0 Å². The van der Waals surface area contributed by atoms with E-state index in [9.17, 15) is 0 Å². The number of ether oxygens (including phenoxy) is 1. The van der Waals surface area contributed by atoms with Crippen LogP contribution >= 0.6 is 0 Å². The minimum atomic E-state index is 0.478. The van der Waals surface area contributed by atoms with Gasteiger partial charge in [0, 0.05) is 13.0 Å². The summed E-state index contributed by atoms with van der Waals surface area (Å²) in [4.78, 5) is 7.18. The fraction of sp³-hybridized carbons (Fsp3) is 0.600. The number of rotatable bonds is 8. The molecule has 0 bridgehead atoms. The Morgan fingerprint density at radius 1 is 1.12 bits per heavy atom. The van der Waals surface area contributed by atoms with E-state index in [1.807, 2.05) is 6.92 Å². The fourth-order valence-corrected chi connectivity index (χ4v) is 3.46. The highest BCUT2D eigenvalue weighted by atomic mass is 16.5. The molecule has 1 saturated heterocycles. The lowest BCUT2D eigenvalue weighted by Crippen LogP contribution is -2.32. The predicted octanol–water partition coefficient (Wildman–Crippen LogP) is 3.26. The summed E-state index contributed by atoms with van der Waals surface area (Å²) in [6.45, 7) is 5.49. The van der Waals surface area contributed by atoms with Crippen LogP contribution in [0.3, 0.4) is 0 Å². The minimum absolute atomic E-state index is 0.478. The van der Waals surface area contributed by atoms with E-state index in [2.05, 4.69) is 47.0 Å². The van der Waals surface area contributed by atoms with Crippen LogP contribution in [0.15, 0.2) is 30.3 Å². The molecule has 1 aromatic carbocycles. The summed E-state index contributed by atoms with van der Waals surface area (Å²) in [5, 5.41) is 4.78. The number of hydrogen-bond donors (Lipinski definition) is 0. The van der Waals surface area contributed by atoms with E-state index in [-0.39, 0.29) is 0 Å². The van der Waals surface area contributed by atoms with Gasteiger partial charge in [-0.05, 0) is 58.3 Å². The first-order valence-electron chi connectivity index (χ1n) is 9.50. The van der Waals surface area contributed by atoms with Crippen molar-refractivity contribution in [1.29, 1.82) is 0 Å². The van der Waals surface area contributed by atoms with Crippen molar-refractivity contribution in [3.8, 4) is 0 Å². The Morgan fingerprint density at radius 3 is 2.60 bits per heavy atom. The normalized spacial score (nSPS) is 16.4. The van der Waals surface area contributed by atoms with E-state index in [1.165, 1.54) is 5.56 Å². The monoisotopic (exact) mass is 342 g/mol. The third-order valence-electron chi connectivity index (χ3n) is 4.92. The van der Waals surface area contributed by atoms with Gasteiger partial charge in [0.2, 0.25) is 0 Å². The molecule has 2 heterocycles. The van der Waals surface area contributed by atoms with Crippen LogP contribution in [0.25, 0.3) is 0 Å². The molecule has 0 radical (unpaired) electrons. The fourth-order valence-electron chi connectivity index (χ4n) is 3.46. The quantitative estimate of drug-likeness (QED) is 0.738. The Labute approximate surface area is 151 Å². The minimum Gasteiger partial charge on any atom is -0.374 e. The molecular formula is C20H30N4O. The molecule has 2 aromatic rings. The second-order valence-corrected chi connectivity index (χ2v) is 6.90.